The van der Waals surface area contributed by atoms with E-state index in [1.165, 1.54) is 32.3 Å². The Morgan fingerprint density at radius 2 is 1.29 bits per heavy atom. The second kappa shape index (κ2) is 4.78. The lowest BCUT2D eigenvalue weighted by atomic mass is 9.91. The molecule has 0 spiro atoms. The van der Waals surface area contributed by atoms with Crippen LogP contribution in [0.2, 0.25) is 0 Å². The van der Waals surface area contributed by atoms with Crippen LogP contribution in [0, 0.1) is 11.3 Å². The molecule has 5 rings (SSSR count). The molecule has 0 aliphatic rings. The number of pyridine rings is 1. The van der Waals surface area contributed by atoms with Gasteiger partial charge in [-0.05, 0) is 67.7 Å². The quantitative estimate of drug-likeness (QED) is 0.382. The summed E-state index contributed by atoms with van der Waals surface area (Å²) in [4.78, 5) is 4.06. The minimum atomic E-state index is 0.442. The zero-order valence-electron chi connectivity index (χ0n) is 12.8. The van der Waals surface area contributed by atoms with E-state index >= 15 is 0 Å². The van der Waals surface area contributed by atoms with Gasteiger partial charge in [0.05, 0.1) is 0 Å². The summed E-state index contributed by atoms with van der Waals surface area (Å²) in [6.45, 7) is 0. The normalized spacial score (nSPS) is 11.3. The Morgan fingerprint density at radius 1 is 0.667 bits per heavy atom. The van der Waals surface area contributed by atoms with Crippen LogP contribution in [-0.4, -0.2) is 4.98 Å². The first-order valence-corrected chi connectivity index (χ1v) is 7.87. The van der Waals surface area contributed by atoms with Gasteiger partial charge in [0.15, 0.2) is 0 Å². The summed E-state index contributed by atoms with van der Waals surface area (Å²) in [6.07, 6.45) is 1.69. The van der Waals surface area contributed by atoms with Gasteiger partial charge in [0.2, 0.25) is 0 Å². The standard InChI is InChI=1S/C22H12N2/c23-13-20-12-16(8-9-24-20)19-10-17-6-4-14-2-1-3-15-5-7-18(11-19)22(17)21(14)15/h1-12H. The number of hydrogen-bond donors (Lipinski definition) is 0. The Kier molecular flexibility index (Phi) is 2.60. The molecule has 0 saturated carbocycles. The van der Waals surface area contributed by atoms with Gasteiger partial charge in [-0.25, -0.2) is 4.98 Å². The highest BCUT2D eigenvalue weighted by atomic mass is 14.7. The molecular formula is C22H12N2. The zero-order valence-corrected chi connectivity index (χ0v) is 12.8. The first-order valence-electron chi connectivity index (χ1n) is 7.87. The van der Waals surface area contributed by atoms with Crippen LogP contribution in [0.5, 0.6) is 0 Å². The Labute approximate surface area is 138 Å². The van der Waals surface area contributed by atoms with Crippen molar-refractivity contribution in [3.63, 3.8) is 0 Å². The molecule has 0 aliphatic heterocycles. The van der Waals surface area contributed by atoms with Crippen molar-refractivity contribution in [2.45, 2.75) is 0 Å². The highest BCUT2D eigenvalue weighted by molar-refractivity contribution is 6.23. The molecule has 1 heterocycles. The van der Waals surface area contributed by atoms with Crippen LogP contribution in [0.25, 0.3) is 43.4 Å². The Balaban J connectivity index is 1.88. The predicted molar refractivity (Wildman–Crippen MR) is 98.1 cm³/mol. The average Bonchev–Trinajstić information content (AvgIpc) is 2.66. The summed E-state index contributed by atoms with van der Waals surface area (Å²) >= 11 is 0. The fourth-order valence-electron chi connectivity index (χ4n) is 3.59. The maximum Gasteiger partial charge on any atom is 0.141 e. The van der Waals surface area contributed by atoms with Gasteiger partial charge < -0.3 is 0 Å². The first-order chi connectivity index (χ1) is 11.8. The van der Waals surface area contributed by atoms with Crippen molar-refractivity contribution >= 4 is 32.3 Å². The monoisotopic (exact) mass is 304 g/mol. The fraction of sp³-hybridized carbons (Fsp3) is 0. The number of hydrogen-bond acceptors (Lipinski definition) is 2. The van der Waals surface area contributed by atoms with Gasteiger partial charge >= 0.3 is 0 Å². The van der Waals surface area contributed by atoms with E-state index in [-0.39, 0.29) is 0 Å². The van der Waals surface area contributed by atoms with Crippen LogP contribution in [-0.2, 0) is 0 Å². The average molecular weight is 304 g/mol. The second-order valence-corrected chi connectivity index (χ2v) is 6.05. The molecule has 24 heavy (non-hydrogen) atoms. The van der Waals surface area contributed by atoms with Crippen molar-refractivity contribution in [2.75, 3.05) is 0 Å². The molecule has 0 unspecified atom stereocenters. The third-order valence-corrected chi connectivity index (χ3v) is 4.67. The third kappa shape index (κ3) is 1.79. The Hall–Kier alpha value is -3.44. The van der Waals surface area contributed by atoms with Gasteiger partial charge in [0, 0.05) is 6.20 Å². The lowest BCUT2D eigenvalue weighted by molar-refractivity contribution is 1.27. The van der Waals surface area contributed by atoms with E-state index < -0.39 is 0 Å². The summed E-state index contributed by atoms with van der Waals surface area (Å²) in [6, 6.07) is 25.5. The number of benzene rings is 4. The van der Waals surface area contributed by atoms with Gasteiger partial charge in [0.1, 0.15) is 11.8 Å². The molecule has 0 aliphatic carbocycles. The van der Waals surface area contributed by atoms with E-state index in [0.717, 1.165) is 11.1 Å². The summed E-state index contributed by atoms with van der Waals surface area (Å²) in [5.41, 5.74) is 2.57. The minimum absolute atomic E-state index is 0.442. The van der Waals surface area contributed by atoms with Gasteiger partial charge in [-0.3, -0.25) is 0 Å². The van der Waals surface area contributed by atoms with Gasteiger partial charge in [0.25, 0.3) is 0 Å². The highest BCUT2D eigenvalue weighted by Crippen LogP contribution is 2.37. The lowest BCUT2D eigenvalue weighted by Crippen LogP contribution is -1.87. The number of rotatable bonds is 1. The first kappa shape index (κ1) is 13.0. The second-order valence-electron chi connectivity index (χ2n) is 6.05. The molecule has 0 bridgehead atoms. The molecule has 0 fully saturated rings. The van der Waals surface area contributed by atoms with Crippen LogP contribution in [0.3, 0.4) is 0 Å². The highest BCUT2D eigenvalue weighted by Gasteiger charge is 2.10. The molecule has 0 N–H and O–H groups in total. The van der Waals surface area contributed by atoms with E-state index in [0.29, 0.717) is 5.69 Å². The van der Waals surface area contributed by atoms with Crippen molar-refractivity contribution in [2.24, 2.45) is 0 Å². The van der Waals surface area contributed by atoms with Crippen molar-refractivity contribution in [1.29, 1.82) is 5.26 Å². The predicted octanol–water partition coefficient (Wildman–Crippen LogP) is 5.52. The fourth-order valence-corrected chi connectivity index (χ4v) is 3.59. The van der Waals surface area contributed by atoms with Crippen molar-refractivity contribution in [1.82, 2.24) is 4.98 Å². The van der Waals surface area contributed by atoms with Crippen LogP contribution in [0.15, 0.2) is 72.9 Å². The smallest absolute Gasteiger partial charge is 0.141 e. The zero-order chi connectivity index (χ0) is 16.1. The van der Waals surface area contributed by atoms with Crippen molar-refractivity contribution < 1.29 is 0 Å². The SMILES string of the molecule is N#Cc1cc(-c2cc3ccc4cccc5ccc(c2)c3c45)ccn1. The molecule has 0 saturated heterocycles. The number of nitrogens with zero attached hydrogens (tertiary/aromatic N) is 2. The van der Waals surface area contributed by atoms with Crippen LogP contribution < -0.4 is 0 Å². The largest absolute Gasteiger partial charge is 0.246 e. The molecule has 0 amide bonds. The van der Waals surface area contributed by atoms with E-state index in [9.17, 15) is 0 Å². The maximum absolute atomic E-state index is 9.08. The minimum Gasteiger partial charge on any atom is -0.246 e. The molecule has 2 nitrogen and oxygen atoms in total. The molecule has 0 radical (unpaired) electrons. The van der Waals surface area contributed by atoms with Gasteiger partial charge in [-0.1, -0.05) is 42.5 Å². The Morgan fingerprint density at radius 3 is 1.96 bits per heavy atom. The molecule has 110 valence electrons. The molecular weight excluding hydrogens is 292 g/mol. The maximum atomic E-state index is 9.08. The van der Waals surface area contributed by atoms with E-state index in [1.54, 1.807) is 6.20 Å². The van der Waals surface area contributed by atoms with Gasteiger partial charge in [-0.2, -0.15) is 5.26 Å². The molecule has 4 aromatic carbocycles. The van der Waals surface area contributed by atoms with Crippen LogP contribution in [0.4, 0.5) is 0 Å². The number of nitriles is 1. The molecule has 5 aromatic rings. The van der Waals surface area contributed by atoms with Crippen molar-refractivity contribution in [3.8, 4) is 17.2 Å². The molecule has 0 atom stereocenters. The van der Waals surface area contributed by atoms with E-state index in [2.05, 4.69) is 65.7 Å². The summed E-state index contributed by atoms with van der Waals surface area (Å²) in [7, 11) is 0. The van der Waals surface area contributed by atoms with Gasteiger partial charge in [-0.15, -0.1) is 0 Å². The number of aromatic nitrogens is 1. The summed E-state index contributed by atoms with van der Waals surface area (Å²) in [5, 5.41) is 16.7. The molecule has 1 aromatic heterocycles. The Bertz CT molecular complexity index is 1200. The van der Waals surface area contributed by atoms with Crippen LogP contribution in [0.1, 0.15) is 5.69 Å². The van der Waals surface area contributed by atoms with Crippen LogP contribution >= 0.6 is 0 Å². The molecule has 2 heteroatoms. The lowest BCUT2D eigenvalue weighted by Gasteiger charge is -2.12. The summed E-state index contributed by atoms with van der Waals surface area (Å²) < 4.78 is 0. The van der Waals surface area contributed by atoms with E-state index in [1.807, 2.05) is 12.1 Å². The van der Waals surface area contributed by atoms with E-state index in [4.69, 9.17) is 5.26 Å². The summed E-state index contributed by atoms with van der Waals surface area (Å²) in [5.74, 6) is 0. The topological polar surface area (TPSA) is 36.7 Å². The van der Waals surface area contributed by atoms with Crippen molar-refractivity contribution in [3.05, 3.63) is 78.6 Å². The third-order valence-electron chi connectivity index (χ3n) is 4.67.